The molecule has 0 bridgehead atoms. The fourth-order valence-corrected chi connectivity index (χ4v) is 2.45. The molecule has 0 aliphatic rings. The van der Waals surface area contributed by atoms with Crippen molar-refractivity contribution in [1.82, 2.24) is 0 Å². The number of hydrogen-bond acceptors (Lipinski definition) is 1. The molecule has 0 aromatic heterocycles. The van der Waals surface area contributed by atoms with E-state index in [1.54, 1.807) is 6.07 Å². The maximum absolute atomic E-state index is 13.6. The second-order valence-electron chi connectivity index (χ2n) is 6.55. The summed E-state index contributed by atoms with van der Waals surface area (Å²) in [6, 6.07) is 4.49. The van der Waals surface area contributed by atoms with E-state index in [0.29, 0.717) is 0 Å². The van der Waals surface area contributed by atoms with Crippen molar-refractivity contribution < 1.29 is 26.7 Å². The third kappa shape index (κ3) is 4.52. The Morgan fingerprint density at radius 2 is 1.30 bits per heavy atom. The van der Waals surface area contributed by atoms with Crippen LogP contribution in [0.15, 0.2) is 18.2 Å². The van der Waals surface area contributed by atoms with Gasteiger partial charge < -0.3 is 0 Å². The van der Waals surface area contributed by atoms with Crippen molar-refractivity contribution in [3.8, 4) is 0 Å². The molecule has 0 heterocycles. The van der Waals surface area contributed by atoms with Crippen molar-refractivity contribution in [3.63, 3.8) is 0 Å². The van der Waals surface area contributed by atoms with Gasteiger partial charge in [0.2, 0.25) is 5.78 Å². The standard InChI is InChI=1S/C17H21F5O/c1-10(2)8-12-6-5-7-13(9-11(3)4)14(12)15(23)16(18,19)17(20,21)22/h5-7,10-11H,8-9H2,1-4H3. The van der Waals surface area contributed by atoms with Gasteiger partial charge in [-0.2, -0.15) is 22.0 Å². The third-order valence-electron chi connectivity index (χ3n) is 3.36. The van der Waals surface area contributed by atoms with Crippen molar-refractivity contribution in [1.29, 1.82) is 0 Å². The summed E-state index contributed by atoms with van der Waals surface area (Å²) in [5.41, 5.74) is 0.0105. The van der Waals surface area contributed by atoms with Gasteiger partial charge in [0, 0.05) is 5.56 Å². The summed E-state index contributed by atoms with van der Waals surface area (Å²) in [5, 5.41) is 0. The van der Waals surface area contributed by atoms with Crippen LogP contribution in [0.4, 0.5) is 22.0 Å². The first-order valence-corrected chi connectivity index (χ1v) is 7.48. The highest BCUT2D eigenvalue weighted by molar-refractivity contribution is 6.04. The Bertz CT molecular complexity index is 530. The lowest BCUT2D eigenvalue weighted by Gasteiger charge is -2.22. The second-order valence-corrected chi connectivity index (χ2v) is 6.55. The summed E-state index contributed by atoms with van der Waals surface area (Å²) in [4.78, 5) is 12.0. The zero-order valence-electron chi connectivity index (χ0n) is 13.6. The Labute approximate surface area is 132 Å². The molecule has 0 amide bonds. The van der Waals surface area contributed by atoms with Crippen LogP contribution in [0.1, 0.15) is 49.2 Å². The van der Waals surface area contributed by atoms with Crippen molar-refractivity contribution in [3.05, 3.63) is 34.9 Å². The van der Waals surface area contributed by atoms with Crippen molar-refractivity contribution >= 4 is 5.78 Å². The highest BCUT2D eigenvalue weighted by Crippen LogP contribution is 2.39. The average Bonchev–Trinajstić information content (AvgIpc) is 2.35. The van der Waals surface area contributed by atoms with E-state index in [1.807, 2.05) is 27.7 Å². The molecular weight excluding hydrogens is 315 g/mol. The molecule has 0 N–H and O–H groups in total. The summed E-state index contributed by atoms with van der Waals surface area (Å²) in [7, 11) is 0. The van der Waals surface area contributed by atoms with Gasteiger partial charge in [-0.25, -0.2) is 0 Å². The minimum absolute atomic E-state index is 0.0235. The number of carbonyl (C=O) groups excluding carboxylic acids is 1. The predicted octanol–water partition coefficient (Wildman–Crippen LogP) is 5.46. The van der Waals surface area contributed by atoms with Gasteiger partial charge in [0.1, 0.15) is 0 Å². The topological polar surface area (TPSA) is 17.1 Å². The lowest BCUT2D eigenvalue weighted by Crippen LogP contribution is -2.44. The van der Waals surface area contributed by atoms with Crippen LogP contribution in [0.5, 0.6) is 0 Å². The Morgan fingerprint density at radius 1 is 0.913 bits per heavy atom. The highest BCUT2D eigenvalue weighted by atomic mass is 19.4. The first-order valence-electron chi connectivity index (χ1n) is 7.48. The quantitative estimate of drug-likeness (QED) is 0.498. The minimum atomic E-state index is -5.90. The smallest absolute Gasteiger partial charge is 0.287 e. The van der Waals surface area contributed by atoms with Crippen LogP contribution in [0.2, 0.25) is 0 Å². The van der Waals surface area contributed by atoms with E-state index in [1.165, 1.54) is 12.1 Å². The first kappa shape index (κ1) is 19.6. The highest BCUT2D eigenvalue weighted by Gasteiger charge is 2.63. The Morgan fingerprint density at radius 3 is 1.61 bits per heavy atom. The van der Waals surface area contributed by atoms with Gasteiger partial charge in [-0.15, -0.1) is 0 Å². The molecule has 0 fully saturated rings. The molecule has 0 saturated carbocycles. The van der Waals surface area contributed by atoms with Crippen LogP contribution in [-0.4, -0.2) is 17.9 Å². The molecule has 130 valence electrons. The van der Waals surface area contributed by atoms with E-state index in [-0.39, 0.29) is 35.8 Å². The zero-order chi connectivity index (χ0) is 18.0. The van der Waals surface area contributed by atoms with E-state index < -0.39 is 23.4 Å². The maximum Gasteiger partial charge on any atom is 0.461 e. The molecule has 0 aliphatic heterocycles. The SMILES string of the molecule is CC(C)Cc1cccc(CC(C)C)c1C(=O)C(F)(F)C(F)(F)F. The van der Waals surface area contributed by atoms with Gasteiger partial charge in [0.05, 0.1) is 0 Å². The summed E-state index contributed by atoms with van der Waals surface area (Å²) in [6.07, 6.45) is -5.37. The molecule has 6 heteroatoms. The number of alkyl halides is 5. The van der Waals surface area contributed by atoms with Gasteiger partial charge >= 0.3 is 12.1 Å². The zero-order valence-corrected chi connectivity index (χ0v) is 13.6. The summed E-state index contributed by atoms with van der Waals surface area (Å²) >= 11 is 0. The van der Waals surface area contributed by atoms with Crippen LogP contribution in [0, 0.1) is 11.8 Å². The Hall–Kier alpha value is -1.46. The van der Waals surface area contributed by atoms with Crippen molar-refractivity contribution in [2.24, 2.45) is 11.8 Å². The van der Waals surface area contributed by atoms with E-state index in [9.17, 15) is 26.7 Å². The van der Waals surface area contributed by atoms with Crippen LogP contribution in [0.25, 0.3) is 0 Å². The van der Waals surface area contributed by atoms with Crippen LogP contribution < -0.4 is 0 Å². The molecule has 23 heavy (non-hydrogen) atoms. The number of Topliss-reactive ketones (excluding diaryl/α,β-unsaturated/α-hetero) is 1. The molecule has 0 atom stereocenters. The third-order valence-corrected chi connectivity index (χ3v) is 3.36. The maximum atomic E-state index is 13.6. The molecule has 1 aromatic carbocycles. The molecule has 0 saturated heterocycles. The average molecular weight is 336 g/mol. The molecule has 0 spiro atoms. The van der Waals surface area contributed by atoms with Crippen LogP contribution in [0.3, 0.4) is 0 Å². The summed E-state index contributed by atoms with van der Waals surface area (Å²) in [6.45, 7) is 7.24. The number of ketones is 1. The van der Waals surface area contributed by atoms with Crippen LogP contribution >= 0.6 is 0 Å². The largest absolute Gasteiger partial charge is 0.461 e. The van der Waals surface area contributed by atoms with E-state index in [0.717, 1.165) is 0 Å². The molecule has 1 aromatic rings. The minimum Gasteiger partial charge on any atom is -0.287 e. The van der Waals surface area contributed by atoms with Gasteiger partial charge in [0.15, 0.2) is 0 Å². The predicted molar refractivity (Wildman–Crippen MR) is 78.9 cm³/mol. The molecule has 1 nitrogen and oxygen atoms in total. The van der Waals surface area contributed by atoms with Crippen molar-refractivity contribution in [2.45, 2.75) is 52.6 Å². The summed E-state index contributed by atoms with van der Waals surface area (Å²) < 4.78 is 64.9. The van der Waals surface area contributed by atoms with E-state index >= 15 is 0 Å². The molecular formula is C17H21F5O. The number of rotatable bonds is 6. The van der Waals surface area contributed by atoms with Gasteiger partial charge in [-0.1, -0.05) is 45.9 Å². The lowest BCUT2D eigenvalue weighted by atomic mass is 9.87. The number of halogens is 5. The first-order chi connectivity index (χ1) is 10.4. The molecule has 0 aliphatic carbocycles. The van der Waals surface area contributed by atoms with Gasteiger partial charge in [0.25, 0.3) is 0 Å². The van der Waals surface area contributed by atoms with Crippen LogP contribution in [-0.2, 0) is 12.8 Å². The Balaban J connectivity index is 3.48. The van der Waals surface area contributed by atoms with E-state index in [2.05, 4.69) is 0 Å². The van der Waals surface area contributed by atoms with Gasteiger partial charge in [-0.05, 0) is 35.8 Å². The molecule has 1 rings (SSSR count). The van der Waals surface area contributed by atoms with Crippen molar-refractivity contribution in [2.75, 3.05) is 0 Å². The second kappa shape index (κ2) is 6.97. The Kier molecular flexibility index (Phi) is 5.94. The lowest BCUT2D eigenvalue weighted by molar-refractivity contribution is -0.255. The number of carbonyl (C=O) groups is 1. The number of hydrogen-bond donors (Lipinski definition) is 0. The fraction of sp³-hybridized carbons (Fsp3) is 0.588. The summed E-state index contributed by atoms with van der Waals surface area (Å²) in [5.74, 6) is -7.49. The number of benzene rings is 1. The van der Waals surface area contributed by atoms with Gasteiger partial charge in [-0.3, -0.25) is 4.79 Å². The molecule has 0 unspecified atom stereocenters. The molecule has 0 radical (unpaired) electrons. The van der Waals surface area contributed by atoms with E-state index in [4.69, 9.17) is 0 Å². The fourth-order valence-electron chi connectivity index (χ4n) is 2.45. The monoisotopic (exact) mass is 336 g/mol. The normalized spacial score (nSPS) is 13.0.